The zero-order chi connectivity index (χ0) is 19.7. The van der Waals surface area contributed by atoms with Gasteiger partial charge in [-0.3, -0.25) is 19.8 Å². The zero-order valence-corrected chi connectivity index (χ0v) is 15.7. The smallest absolute Gasteiger partial charge is 0.292 e. The molecule has 1 saturated heterocycles. The number of anilines is 1. The van der Waals surface area contributed by atoms with Crippen molar-refractivity contribution in [3.05, 3.63) is 73.8 Å². The minimum Gasteiger partial charge on any atom is -0.363 e. The Morgan fingerprint density at radius 1 is 1.14 bits per heavy atom. The molecule has 1 fully saturated rings. The highest BCUT2D eigenvalue weighted by molar-refractivity contribution is 6.31. The second-order valence-electron chi connectivity index (χ2n) is 6.68. The number of para-hydroxylation sites is 2. The van der Waals surface area contributed by atoms with E-state index in [9.17, 15) is 14.9 Å². The Labute approximate surface area is 165 Å². The number of benzene rings is 2. The van der Waals surface area contributed by atoms with Gasteiger partial charge in [0.25, 0.3) is 11.2 Å². The third kappa shape index (κ3) is 3.69. The minimum absolute atomic E-state index is 0.120. The quantitative estimate of drug-likeness (QED) is 0.535. The Morgan fingerprint density at radius 3 is 2.64 bits per heavy atom. The summed E-state index contributed by atoms with van der Waals surface area (Å²) in [6.07, 6.45) is 0. The molecule has 1 aromatic heterocycles. The van der Waals surface area contributed by atoms with E-state index >= 15 is 0 Å². The molecule has 0 saturated carbocycles. The van der Waals surface area contributed by atoms with Gasteiger partial charge in [0.1, 0.15) is 11.5 Å². The number of nitro benzene ring substituents is 1. The number of aromatic nitrogens is 2. The number of halogens is 1. The summed E-state index contributed by atoms with van der Waals surface area (Å²) in [5, 5.41) is 12.2. The molecule has 1 N–H and O–H groups in total. The molecule has 3 aromatic rings. The van der Waals surface area contributed by atoms with Gasteiger partial charge in [-0.05, 0) is 24.3 Å². The lowest BCUT2D eigenvalue weighted by Crippen LogP contribution is -2.46. The van der Waals surface area contributed by atoms with E-state index in [0.29, 0.717) is 60.2 Å². The number of fused-ring (bicyclic) bond motifs is 1. The van der Waals surface area contributed by atoms with Crippen molar-refractivity contribution in [1.29, 1.82) is 0 Å². The van der Waals surface area contributed by atoms with Crippen molar-refractivity contribution in [2.45, 2.75) is 6.54 Å². The van der Waals surface area contributed by atoms with Gasteiger partial charge in [-0.15, -0.1) is 0 Å². The van der Waals surface area contributed by atoms with E-state index in [0.717, 1.165) is 0 Å². The fourth-order valence-electron chi connectivity index (χ4n) is 3.48. The fourth-order valence-corrected chi connectivity index (χ4v) is 3.65. The standard InChI is InChI=1S/C19H18ClN5O3/c20-13-5-6-15-14(11-13)19(26)22-18(21-15)12-23-7-9-24(10-8-23)16-3-1-2-4-17(16)25(27)28/h1-6,11H,7-10,12H2,(H,21,22,26). The molecular weight excluding hydrogens is 382 g/mol. The largest absolute Gasteiger partial charge is 0.363 e. The number of piperazine rings is 1. The average Bonchev–Trinajstić information content (AvgIpc) is 2.69. The van der Waals surface area contributed by atoms with Gasteiger partial charge in [-0.1, -0.05) is 23.7 Å². The molecule has 0 unspecified atom stereocenters. The van der Waals surface area contributed by atoms with Gasteiger partial charge in [-0.2, -0.15) is 0 Å². The Hall–Kier alpha value is -2.97. The summed E-state index contributed by atoms with van der Waals surface area (Å²) < 4.78 is 0. The molecule has 0 radical (unpaired) electrons. The number of nitrogens with zero attached hydrogens (tertiary/aromatic N) is 4. The lowest BCUT2D eigenvalue weighted by Gasteiger charge is -2.35. The molecule has 1 aliphatic heterocycles. The highest BCUT2D eigenvalue weighted by atomic mass is 35.5. The second kappa shape index (κ2) is 7.57. The van der Waals surface area contributed by atoms with Crippen molar-refractivity contribution in [3.63, 3.8) is 0 Å². The first kappa shape index (κ1) is 18.4. The summed E-state index contributed by atoms with van der Waals surface area (Å²) in [5.74, 6) is 0.596. The number of nitro groups is 1. The number of hydrogen-bond acceptors (Lipinski definition) is 6. The summed E-state index contributed by atoms with van der Waals surface area (Å²) in [6.45, 7) is 3.28. The lowest BCUT2D eigenvalue weighted by atomic mass is 10.2. The molecule has 2 heterocycles. The van der Waals surface area contributed by atoms with E-state index in [1.54, 1.807) is 30.3 Å². The van der Waals surface area contributed by atoms with Crippen molar-refractivity contribution in [2.75, 3.05) is 31.1 Å². The van der Waals surface area contributed by atoms with Crippen LogP contribution in [0.15, 0.2) is 47.3 Å². The molecule has 144 valence electrons. The van der Waals surface area contributed by atoms with Gasteiger partial charge in [0.05, 0.1) is 22.4 Å². The maximum atomic E-state index is 12.3. The summed E-state index contributed by atoms with van der Waals surface area (Å²) in [5.41, 5.74) is 1.17. The van der Waals surface area contributed by atoms with E-state index in [4.69, 9.17) is 11.6 Å². The van der Waals surface area contributed by atoms with E-state index in [-0.39, 0.29) is 16.2 Å². The molecule has 0 amide bonds. The molecule has 2 aromatic carbocycles. The molecule has 28 heavy (non-hydrogen) atoms. The SMILES string of the molecule is O=c1[nH]c(CN2CCN(c3ccccc3[N+](=O)[O-])CC2)nc2ccc(Cl)cc12. The summed E-state index contributed by atoms with van der Waals surface area (Å²) in [6, 6.07) is 11.9. The minimum atomic E-state index is -0.350. The van der Waals surface area contributed by atoms with E-state index in [2.05, 4.69) is 14.9 Å². The highest BCUT2D eigenvalue weighted by Gasteiger charge is 2.23. The summed E-state index contributed by atoms with van der Waals surface area (Å²) >= 11 is 5.95. The van der Waals surface area contributed by atoms with Crippen molar-refractivity contribution < 1.29 is 4.92 Å². The van der Waals surface area contributed by atoms with Crippen LogP contribution in [0, 0.1) is 10.1 Å². The number of nitrogens with one attached hydrogen (secondary N) is 1. The van der Waals surface area contributed by atoms with E-state index < -0.39 is 0 Å². The van der Waals surface area contributed by atoms with Crippen LogP contribution in [0.4, 0.5) is 11.4 Å². The van der Waals surface area contributed by atoms with Gasteiger partial charge in [-0.25, -0.2) is 4.98 Å². The van der Waals surface area contributed by atoms with E-state index in [1.807, 2.05) is 11.0 Å². The number of hydrogen-bond donors (Lipinski definition) is 1. The van der Waals surface area contributed by atoms with Crippen LogP contribution in [0.25, 0.3) is 10.9 Å². The molecule has 0 aliphatic carbocycles. The van der Waals surface area contributed by atoms with Crippen LogP contribution in [0.2, 0.25) is 5.02 Å². The number of aromatic amines is 1. The van der Waals surface area contributed by atoms with Crippen LogP contribution in [-0.4, -0.2) is 46.0 Å². The monoisotopic (exact) mass is 399 g/mol. The molecule has 9 heteroatoms. The highest BCUT2D eigenvalue weighted by Crippen LogP contribution is 2.28. The van der Waals surface area contributed by atoms with Crippen LogP contribution >= 0.6 is 11.6 Å². The molecule has 1 aliphatic rings. The van der Waals surface area contributed by atoms with Crippen molar-refractivity contribution in [1.82, 2.24) is 14.9 Å². The van der Waals surface area contributed by atoms with Crippen molar-refractivity contribution in [3.8, 4) is 0 Å². The molecular formula is C19H18ClN5O3. The normalized spacial score (nSPS) is 15.1. The van der Waals surface area contributed by atoms with Crippen LogP contribution in [0.5, 0.6) is 0 Å². The fraction of sp³-hybridized carbons (Fsp3) is 0.263. The Kier molecular flexibility index (Phi) is 4.97. The Bertz CT molecular complexity index is 1090. The molecule has 0 spiro atoms. The number of rotatable bonds is 4. The van der Waals surface area contributed by atoms with Gasteiger partial charge >= 0.3 is 0 Å². The van der Waals surface area contributed by atoms with Crippen LogP contribution < -0.4 is 10.5 Å². The topological polar surface area (TPSA) is 95.4 Å². The molecule has 0 atom stereocenters. The predicted molar refractivity (Wildman–Crippen MR) is 108 cm³/mol. The predicted octanol–water partition coefficient (Wildman–Crippen LogP) is 2.81. The van der Waals surface area contributed by atoms with Gasteiger partial charge in [0, 0.05) is 37.3 Å². The van der Waals surface area contributed by atoms with Crippen LogP contribution in [0.3, 0.4) is 0 Å². The Morgan fingerprint density at radius 2 is 1.89 bits per heavy atom. The second-order valence-corrected chi connectivity index (χ2v) is 7.12. The molecule has 0 bridgehead atoms. The Balaban J connectivity index is 1.47. The summed E-state index contributed by atoms with van der Waals surface area (Å²) in [7, 11) is 0. The third-order valence-electron chi connectivity index (χ3n) is 4.88. The number of H-pyrrole nitrogens is 1. The zero-order valence-electron chi connectivity index (χ0n) is 15.0. The van der Waals surface area contributed by atoms with Crippen LogP contribution in [0.1, 0.15) is 5.82 Å². The van der Waals surface area contributed by atoms with Crippen LogP contribution in [-0.2, 0) is 6.54 Å². The first-order chi connectivity index (χ1) is 13.5. The maximum absolute atomic E-state index is 12.3. The first-order valence-corrected chi connectivity index (χ1v) is 9.28. The van der Waals surface area contributed by atoms with Gasteiger partial charge in [0.2, 0.25) is 0 Å². The van der Waals surface area contributed by atoms with Gasteiger partial charge < -0.3 is 9.88 Å². The lowest BCUT2D eigenvalue weighted by molar-refractivity contribution is -0.384. The molecule has 4 rings (SSSR count). The van der Waals surface area contributed by atoms with Crippen molar-refractivity contribution >= 4 is 33.9 Å². The first-order valence-electron chi connectivity index (χ1n) is 8.90. The summed E-state index contributed by atoms with van der Waals surface area (Å²) in [4.78, 5) is 34.7. The van der Waals surface area contributed by atoms with Gasteiger partial charge in [0.15, 0.2) is 0 Å². The third-order valence-corrected chi connectivity index (χ3v) is 5.12. The average molecular weight is 400 g/mol. The van der Waals surface area contributed by atoms with E-state index in [1.165, 1.54) is 6.07 Å². The molecule has 8 nitrogen and oxygen atoms in total. The maximum Gasteiger partial charge on any atom is 0.292 e. The van der Waals surface area contributed by atoms with Crippen molar-refractivity contribution in [2.24, 2.45) is 0 Å².